The number of rotatable bonds is 2. The van der Waals surface area contributed by atoms with E-state index in [-0.39, 0.29) is 5.69 Å². The summed E-state index contributed by atoms with van der Waals surface area (Å²) in [5, 5.41) is 0. The monoisotopic (exact) mass is 317 g/mol. The molecule has 0 atom stereocenters. The quantitative estimate of drug-likeness (QED) is 0.710. The van der Waals surface area contributed by atoms with E-state index in [1.54, 1.807) is 37.3 Å². The molecule has 0 unspecified atom stereocenters. The standard InChI is InChI=1S/C17H14F3N3/c1-11-22-8-9-23(11)16-7-6-12(10-14(16)17(18,19)20)13-4-2-3-5-15(13)21/h2-10H,21H2,1H3. The van der Waals surface area contributed by atoms with Gasteiger partial charge in [0.25, 0.3) is 0 Å². The Morgan fingerprint density at radius 1 is 1.09 bits per heavy atom. The molecule has 2 N–H and O–H groups in total. The number of anilines is 1. The van der Waals surface area contributed by atoms with Crippen molar-refractivity contribution in [3.8, 4) is 16.8 Å². The van der Waals surface area contributed by atoms with Crippen LogP contribution in [0.3, 0.4) is 0 Å². The van der Waals surface area contributed by atoms with Gasteiger partial charge in [-0.05, 0) is 30.7 Å². The Morgan fingerprint density at radius 2 is 1.83 bits per heavy atom. The molecule has 3 aromatic rings. The van der Waals surface area contributed by atoms with Crippen molar-refractivity contribution in [2.24, 2.45) is 0 Å². The maximum Gasteiger partial charge on any atom is 0.418 e. The topological polar surface area (TPSA) is 43.8 Å². The van der Waals surface area contributed by atoms with Gasteiger partial charge in [0, 0.05) is 23.6 Å². The molecule has 6 heteroatoms. The smallest absolute Gasteiger partial charge is 0.398 e. The van der Waals surface area contributed by atoms with Gasteiger partial charge in [-0.3, -0.25) is 0 Å². The number of halogens is 3. The Balaban J connectivity index is 2.22. The zero-order valence-electron chi connectivity index (χ0n) is 12.3. The maximum absolute atomic E-state index is 13.5. The third-order valence-electron chi connectivity index (χ3n) is 3.66. The van der Waals surface area contributed by atoms with Gasteiger partial charge in [-0.2, -0.15) is 13.2 Å². The Morgan fingerprint density at radius 3 is 2.43 bits per heavy atom. The van der Waals surface area contributed by atoms with Crippen LogP contribution in [0, 0.1) is 6.92 Å². The van der Waals surface area contributed by atoms with E-state index in [9.17, 15) is 13.2 Å². The molecule has 0 fully saturated rings. The van der Waals surface area contributed by atoms with E-state index in [2.05, 4.69) is 4.98 Å². The van der Waals surface area contributed by atoms with Crippen molar-refractivity contribution >= 4 is 5.69 Å². The van der Waals surface area contributed by atoms with Crippen LogP contribution in [0.2, 0.25) is 0 Å². The third-order valence-corrected chi connectivity index (χ3v) is 3.66. The Bertz CT molecular complexity index is 850. The number of alkyl halides is 3. The fraction of sp³-hybridized carbons (Fsp3) is 0.118. The van der Waals surface area contributed by atoms with Crippen molar-refractivity contribution in [3.63, 3.8) is 0 Å². The number of nitrogens with zero attached hydrogens (tertiary/aromatic N) is 2. The minimum Gasteiger partial charge on any atom is -0.398 e. The lowest BCUT2D eigenvalue weighted by molar-refractivity contribution is -0.137. The average Bonchev–Trinajstić information content (AvgIpc) is 2.92. The highest BCUT2D eigenvalue weighted by Crippen LogP contribution is 2.38. The van der Waals surface area contributed by atoms with E-state index >= 15 is 0 Å². The van der Waals surface area contributed by atoms with E-state index in [1.807, 2.05) is 0 Å². The second-order valence-electron chi connectivity index (χ2n) is 5.16. The van der Waals surface area contributed by atoms with Crippen LogP contribution < -0.4 is 5.73 Å². The number of imidazole rings is 1. The number of benzene rings is 2. The number of nitrogens with two attached hydrogens (primary N) is 1. The SMILES string of the molecule is Cc1nccn1-c1ccc(-c2ccccc2N)cc1C(F)(F)F. The maximum atomic E-state index is 13.5. The van der Waals surface area contributed by atoms with Crippen LogP contribution >= 0.6 is 0 Å². The van der Waals surface area contributed by atoms with Gasteiger partial charge in [0.1, 0.15) is 5.82 Å². The second kappa shape index (κ2) is 5.46. The minimum atomic E-state index is -4.48. The van der Waals surface area contributed by atoms with Crippen molar-refractivity contribution in [2.45, 2.75) is 13.1 Å². The molecule has 0 aliphatic rings. The van der Waals surface area contributed by atoms with E-state index in [0.717, 1.165) is 6.07 Å². The van der Waals surface area contributed by atoms with Gasteiger partial charge in [-0.1, -0.05) is 24.3 Å². The number of hydrogen-bond acceptors (Lipinski definition) is 2. The summed E-state index contributed by atoms with van der Waals surface area (Å²) in [5.41, 5.74) is 6.64. The molecule has 0 amide bonds. The summed E-state index contributed by atoms with van der Waals surface area (Å²) in [5.74, 6) is 0.488. The largest absolute Gasteiger partial charge is 0.418 e. The predicted molar refractivity (Wildman–Crippen MR) is 83.2 cm³/mol. The van der Waals surface area contributed by atoms with E-state index < -0.39 is 11.7 Å². The number of aryl methyl sites for hydroxylation is 1. The molecule has 3 nitrogen and oxygen atoms in total. The molecule has 23 heavy (non-hydrogen) atoms. The third kappa shape index (κ3) is 2.79. The first-order chi connectivity index (χ1) is 10.9. The first-order valence-corrected chi connectivity index (χ1v) is 6.94. The lowest BCUT2D eigenvalue weighted by Gasteiger charge is -2.16. The van der Waals surface area contributed by atoms with Crippen molar-refractivity contribution in [3.05, 3.63) is 66.2 Å². The molecule has 0 saturated heterocycles. The van der Waals surface area contributed by atoms with Gasteiger partial charge in [-0.25, -0.2) is 4.98 Å². The van der Waals surface area contributed by atoms with Crippen LogP contribution in [0.15, 0.2) is 54.9 Å². The molecule has 3 rings (SSSR count). The normalized spacial score (nSPS) is 11.7. The van der Waals surface area contributed by atoms with Gasteiger partial charge >= 0.3 is 6.18 Å². The van der Waals surface area contributed by atoms with Gasteiger partial charge < -0.3 is 10.3 Å². The Labute approximate surface area is 131 Å². The number of aromatic nitrogens is 2. The zero-order valence-corrected chi connectivity index (χ0v) is 12.3. The van der Waals surface area contributed by atoms with Crippen molar-refractivity contribution in [1.82, 2.24) is 9.55 Å². The molecule has 0 spiro atoms. The molecule has 0 aliphatic carbocycles. The van der Waals surface area contributed by atoms with E-state index in [0.29, 0.717) is 22.6 Å². The van der Waals surface area contributed by atoms with Crippen molar-refractivity contribution in [2.75, 3.05) is 5.73 Å². The van der Waals surface area contributed by atoms with Gasteiger partial charge in [0.05, 0.1) is 11.3 Å². The summed E-state index contributed by atoms with van der Waals surface area (Å²) in [6.07, 6.45) is -1.50. The van der Waals surface area contributed by atoms with Crippen LogP contribution in [-0.2, 0) is 6.18 Å². The van der Waals surface area contributed by atoms with Crippen molar-refractivity contribution in [1.29, 1.82) is 0 Å². The summed E-state index contributed by atoms with van der Waals surface area (Å²) in [7, 11) is 0. The van der Waals surface area contributed by atoms with Crippen LogP contribution in [-0.4, -0.2) is 9.55 Å². The van der Waals surface area contributed by atoms with E-state index in [4.69, 9.17) is 5.73 Å². The molecule has 118 valence electrons. The molecule has 0 radical (unpaired) electrons. The highest BCUT2D eigenvalue weighted by atomic mass is 19.4. The fourth-order valence-corrected chi connectivity index (χ4v) is 2.53. The number of hydrogen-bond donors (Lipinski definition) is 1. The highest BCUT2D eigenvalue weighted by molar-refractivity contribution is 5.77. The Hall–Kier alpha value is -2.76. The molecular weight excluding hydrogens is 303 g/mol. The lowest BCUT2D eigenvalue weighted by atomic mass is 10.00. The number of para-hydroxylation sites is 1. The van der Waals surface area contributed by atoms with Crippen LogP contribution in [0.4, 0.5) is 18.9 Å². The average molecular weight is 317 g/mol. The summed E-state index contributed by atoms with van der Waals surface area (Å²) in [4.78, 5) is 3.99. The predicted octanol–water partition coefficient (Wildman–Crippen LogP) is 4.45. The van der Waals surface area contributed by atoms with E-state index in [1.165, 1.54) is 23.0 Å². The molecule has 2 aromatic carbocycles. The minimum absolute atomic E-state index is 0.0470. The summed E-state index contributed by atoms with van der Waals surface area (Å²) in [6.45, 7) is 1.66. The Kier molecular flexibility index (Phi) is 3.60. The van der Waals surface area contributed by atoms with Gasteiger partial charge in [0.15, 0.2) is 0 Å². The summed E-state index contributed by atoms with van der Waals surface area (Å²) < 4.78 is 41.9. The first-order valence-electron chi connectivity index (χ1n) is 6.94. The number of nitrogen functional groups attached to an aromatic ring is 1. The molecule has 1 heterocycles. The van der Waals surface area contributed by atoms with Crippen LogP contribution in [0.5, 0.6) is 0 Å². The van der Waals surface area contributed by atoms with Crippen LogP contribution in [0.1, 0.15) is 11.4 Å². The second-order valence-corrected chi connectivity index (χ2v) is 5.16. The molecular formula is C17H14F3N3. The molecule has 0 aliphatic heterocycles. The molecule has 0 saturated carbocycles. The van der Waals surface area contributed by atoms with Gasteiger partial charge in [-0.15, -0.1) is 0 Å². The summed E-state index contributed by atoms with van der Waals surface area (Å²) >= 11 is 0. The molecule has 1 aromatic heterocycles. The summed E-state index contributed by atoms with van der Waals surface area (Å²) in [6, 6.07) is 11.1. The van der Waals surface area contributed by atoms with Crippen LogP contribution in [0.25, 0.3) is 16.8 Å². The van der Waals surface area contributed by atoms with Gasteiger partial charge in [0.2, 0.25) is 0 Å². The fourth-order valence-electron chi connectivity index (χ4n) is 2.53. The highest BCUT2D eigenvalue weighted by Gasteiger charge is 2.34. The first kappa shape index (κ1) is 15.1. The lowest BCUT2D eigenvalue weighted by Crippen LogP contribution is -2.11. The van der Waals surface area contributed by atoms with Crippen molar-refractivity contribution < 1.29 is 13.2 Å². The zero-order chi connectivity index (χ0) is 16.6. The molecule has 0 bridgehead atoms.